The summed E-state index contributed by atoms with van der Waals surface area (Å²) in [6.45, 7) is 0. The van der Waals surface area contributed by atoms with Crippen molar-refractivity contribution >= 4 is 23.1 Å². The lowest BCUT2D eigenvalue weighted by atomic mass is 10.0. The summed E-state index contributed by atoms with van der Waals surface area (Å²) >= 11 is 1.30. The standard InChI is InChI=1S/C10H14N4O2S/c11-9(14-16)6-2-1-3-7(6)13-10(15)8-4-12-5-17-8/h4-7,16H,1-3H2,(H2,11,14)(H,13,15). The third-order valence-corrected chi connectivity index (χ3v) is 3.76. The number of hydrogen-bond donors (Lipinski definition) is 3. The highest BCUT2D eigenvalue weighted by molar-refractivity contribution is 7.11. The number of carbonyl (C=O) groups is 1. The predicted octanol–water partition coefficient (Wildman–Crippen LogP) is 0.788. The predicted molar refractivity (Wildman–Crippen MR) is 64.1 cm³/mol. The van der Waals surface area contributed by atoms with Crippen LogP contribution in [0.4, 0.5) is 0 Å². The van der Waals surface area contributed by atoms with Gasteiger partial charge in [-0.2, -0.15) is 0 Å². The quantitative estimate of drug-likeness (QED) is 0.321. The monoisotopic (exact) mass is 254 g/mol. The average Bonchev–Trinajstić information content (AvgIpc) is 2.98. The van der Waals surface area contributed by atoms with E-state index in [9.17, 15) is 4.79 Å². The molecule has 0 saturated heterocycles. The second kappa shape index (κ2) is 5.13. The minimum Gasteiger partial charge on any atom is -0.409 e. The van der Waals surface area contributed by atoms with Gasteiger partial charge in [-0.1, -0.05) is 11.6 Å². The van der Waals surface area contributed by atoms with E-state index in [4.69, 9.17) is 10.9 Å². The number of rotatable bonds is 3. The second-order valence-corrected chi connectivity index (χ2v) is 4.89. The van der Waals surface area contributed by atoms with Gasteiger partial charge in [-0.15, -0.1) is 11.3 Å². The minimum absolute atomic E-state index is 0.0551. The zero-order chi connectivity index (χ0) is 12.3. The number of amidine groups is 1. The molecule has 7 heteroatoms. The van der Waals surface area contributed by atoms with Gasteiger partial charge in [-0.3, -0.25) is 9.78 Å². The molecule has 1 amide bonds. The Balaban J connectivity index is 2.01. The molecule has 2 unspecified atom stereocenters. The molecule has 1 fully saturated rings. The van der Waals surface area contributed by atoms with E-state index in [1.807, 2.05) is 0 Å². The molecule has 0 aromatic carbocycles. The highest BCUT2D eigenvalue weighted by Gasteiger charge is 2.32. The van der Waals surface area contributed by atoms with E-state index in [-0.39, 0.29) is 23.7 Å². The number of aromatic nitrogens is 1. The molecular formula is C10H14N4O2S. The number of carbonyl (C=O) groups excluding carboxylic acids is 1. The van der Waals surface area contributed by atoms with Crippen molar-refractivity contribution in [2.75, 3.05) is 0 Å². The van der Waals surface area contributed by atoms with Gasteiger partial charge in [0.2, 0.25) is 0 Å². The fraction of sp³-hybridized carbons (Fsp3) is 0.500. The Bertz CT molecular complexity index is 418. The molecule has 1 aliphatic rings. The van der Waals surface area contributed by atoms with Crippen molar-refractivity contribution in [3.63, 3.8) is 0 Å². The van der Waals surface area contributed by atoms with Gasteiger partial charge in [-0.05, 0) is 12.8 Å². The molecule has 1 aromatic rings. The lowest BCUT2D eigenvalue weighted by Crippen LogP contribution is -2.42. The van der Waals surface area contributed by atoms with E-state index in [0.29, 0.717) is 4.88 Å². The smallest absolute Gasteiger partial charge is 0.263 e. The zero-order valence-electron chi connectivity index (χ0n) is 9.17. The van der Waals surface area contributed by atoms with E-state index in [1.54, 1.807) is 5.51 Å². The van der Waals surface area contributed by atoms with E-state index in [1.165, 1.54) is 17.5 Å². The number of nitrogens with one attached hydrogen (secondary N) is 1. The molecule has 1 aliphatic carbocycles. The van der Waals surface area contributed by atoms with Crippen molar-refractivity contribution in [2.45, 2.75) is 25.3 Å². The van der Waals surface area contributed by atoms with Crippen LogP contribution < -0.4 is 11.1 Å². The van der Waals surface area contributed by atoms with E-state index in [0.717, 1.165) is 19.3 Å². The number of nitrogens with two attached hydrogens (primary N) is 1. The summed E-state index contributed by atoms with van der Waals surface area (Å²) in [5, 5.41) is 14.6. The maximum atomic E-state index is 11.8. The van der Waals surface area contributed by atoms with Gasteiger partial charge < -0.3 is 16.3 Å². The largest absolute Gasteiger partial charge is 0.409 e. The molecule has 1 heterocycles. The summed E-state index contributed by atoms with van der Waals surface area (Å²) in [5.41, 5.74) is 7.22. The van der Waals surface area contributed by atoms with Crippen molar-refractivity contribution < 1.29 is 10.0 Å². The maximum Gasteiger partial charge on any atom is 0.263 e. The lowest BCUT2D eigenvalue weighted by Gasteiger charge is -2.19. The summed E-state index contributed by atoms with van der Waals surface area (Å²) < 4.78 is 0. The molecule has 0 radical (unpaired) electrons. The van der Waals surface area contributed by atoms with Crippen LogP contribution in [0.15, 0.2) is 16.9 Å². The molecule has 0 bridgehead atoms. The Kier molecular flexibility index (Phi) is 3.58. The molecule has 0 spiro atoms. The Labute approximate surface area is 103 Å². The van der Waals surface area contributed by atoms with Gasteiger partial charge in [0.1, 0.15) is 10.7 Å². The molecule has 17 heavy (non-hydrogen) atoms. The summed E-state index contributed by atoms with van der Waals surface area (Å²) in [6, 6.07) is -0.0551. The van der Waals surface area contributed by atoms with Crippen LogP contribution in [0.3, 0.4) is 0 Å². The number of thiazole rings is 1. The number of amides is 1. The first-order valence-corrected chi connectivity index (χ1v) is 6.27. The Morgan fingerprint density at radius 2 is 2.47 bits per heavy atom. The van der Waals surface area contributed by atoms with Crippen LogP contribution in [-0.2, 0) is 0 Å². The highest BCUT2D eigenvalue weighted by atomic mass is 32.1. The highest BCUT2D eigenvalue weighted by Crippen LogP contribution is 2.26. The summed E-state index contributed by atoms with van der Waals surface area (Å²) in [4.78, 5) is 16.3. The molecule has 0 aliphatic heterocycles. The van der Waals surface area contributed by atoms with Gasteiger partial charge >= 0.3 is 0 Å². The van der Waals surface area contributed by atoms with Crippen LogP contribution in [0, 0.1) is 5.92 Å². The molecular weight excluding hydrogens is 240 g/mol. The van der Waals surface area contributed by atoms with Crippen LogP contribution in [-0.4, -0.2) is 28.0 Å². The molecule has 4 N–H and O–H groups in total. The first-order valence-electron chi connectivity index (χ1n) is 5.39. The van der Waals surface area contributed by atoms with Crippen LogP contribution in [0.2, 0.25) is 0 Å². The fourth-order valence-corrected chi connectivity index (χ4v) is 2.65. The van der Waals surface area contributed by atoms with Gasteiger partial charge in [0.15, 0.2) is 0 Å². The van der Waals surface area contributed by atoms with E-state index in [2.05, 4.69) is 15.5 Å². The third kappa shape index (κ3) is 2.55. The second-order valence-electron chi connectivity index (χ2n) is 4.01. The molecule has 2 rings (SSSR count). The first kappa shape index (κ1) is 11.8. The van der Waals surface area contributed by atoms with Crippen molar-refractivity contribution in [1.82, 2.24) is 10.3 Å². The summed E-state index contributed by atoms with van der Waals surface area (Å²) in [6.07, 6.45) is 4.19. The summed E-state index contributed by atoms with van der Waals surface area (Å²) in [7, 11) is 0. The van der Waals surface area contributed by atoms with Gasteiger partial charge in [-0.25, -0.2) is 0 Å². The van der Waals surface area contributed by atoms with Gasteiger partial charge in [0.25, 0.3) is 5.91 Å². The number of hydrogen-bond acceptors (Lipinski definition) is 5. The Morgan fingerprint density at radius 3 is 3.12 bits per heavy atom. The molecule has 92 valence electrons. The van der Waals surface area contributed by atoms with Gasteiger partial charge in [0, 0.05) is 12.0 Å². The Hall–Kier alpha value is -1.63. The number of nitrogens with zero attached hydrogens (tertiary/aromatic N) is 2. The van der Waals surface area contributed by atoms with Crippen molar-refractivity contribution in [3.05, 3.63) is 16.6 Å². The Morgan fingerprint density at radius 1 is 1.65 bits per heavy atom. The third-order valence-electron chi connectivity index (χ3n) is 2.98. The van der Waals surface area contributed by atoms with E-state index < -0.39 is 0 Å². The SMILES string of the molecule is NC(=NO)C1CCCC1NC(=O)c1cncs1. The molecule has 6 nitrogen and oxygen atoms in total. The van der Waals surface area contributed by atoms with Crippen LogP contribution in [0.25, 0.3) is 0 Å². The fourth-order valence-electron chi connectivity index (χ4n) is 2.13. The van der Waals surface area contributed by atoms with E-state index >= 15 is 0 Å². The first-order chi connectivity index (χ1) is 8.22. The maximum absolute atomic E-state index is 11.8. The zero-order valence-corrected chi connectivity index (χ0v) is 9.98. The topological polar surface area (TPSA) is 101 Å². The molecule has 1 saturated carbocycles. The van der Waals surface area contributed by atoms with Crippen molar-refractivity contribution in [3.8, 4) is 0 Å². The van der Waals surface area contributed by atoms with Crippen molar-refractivity contribution in [2.24, 2.45) is 16.8 Å². The van der Waals surface area contributed by atoms with Crippen LogP contribution in [0.5, 0.6) is 0 Å². The van der Waals surface area contributed by atoms with Gasteiger partial charge in [0.05, 0.1) is 11.7 Å². The van der Waals surface area contributed by atoms with Crippen LogP contribution >= 0.6 is 11.3 Å². The molecule has 1 aromatic heterocycles. The average molecular weight is 254 g/mol. The van der Waals surface area contributed by atoms with Crippen LogP contribution in [0.1, 0.15) is 28.9 Å². The summed E-state index contributed by atoms with van der Waals surface area (Å²) in [5.74, 6) is -0.0240. The lowest BCUT2D eigenvalue weighted by molar-refractivity contribution is 0.0937. The molecule has 2 atom stereocenters. The minimum atomic E-state index is -0.143. The van der Waals surface area contributed by atoms with Crippen molar-refractivity contribution in [1.29, 1.82) is 0 Å². The normalized spacial score (nSPS) is 24.8. The number of oxime groups is 1.